The number of hydrogen-bond acceptors (Lipinski definition) is 4. The fourth-order valence-electron chi connectivity index (χ4n) is 1.44. The summed E-state index contributed by atoms with van der Waals surface area (Å²) in [5.41, 5.74) is 6.53. The molecule has 2 aromatic heterocycles. The van der Waals surface area contributed by atoms with E-state index in [0.29, 0.717) is 17.2 Å². The lowest BCUT2D eigenvalue weighted by Crippen LogP contribution is -2.08. The molecule has 100 valence electrons. The minimum absolute atomic E-state index is 0.387. The molecule has 2 aromatic rings. The lowest BCUT2D eigenvalue weighted by Gasteiger charge is -2.10. The van der Waals surface area contributed by atoms with E-state index in [9.17, 15) is 13.2 Å². The predicted molar refractivity (Wildman–Crippen MR) is 65.9 cm³/mol. The highest BCUT2D eigenvalue weighted by Crippen LogP contribution is 2.29. The number of aryl methyl sites for hydroxylation is 1. The molecule has 0 aliphatic heterocycles. The fraction of sp³-hybridized carbons (Fsp3) is 0.167. The molecule has 0 aromatic carbocycles. The molecular weight excluding hydrogens is 257 g/mol. The number of rotatable bonds is 2. The Kier molecular flexibility index (Phi) is 3.28. The first-order valence-corrected chi connectivity index (χ1v) is 5.39. The SMILES string of the molecule is Cc1ccnc(Nc2ccc(C(F)(F)F)nc2)c1N. The van der Waals surface area contributed by atoms with Gasteiger partial charge in [0.15, 0.2) is 5.82 Å². The van der Waals surface area contributed by atoms with Crippen LogP contribution in [0, 0.1) is 6.92 Å². The molecule has 0 amide bonds. The smallest absolute Gasteiger partial charge is 0.396 e. The van der Waals surface area contributed by atoms with E-state index in [-0.39, 0.29) is 0 Å². The molecular formula is C12H11F3N4. The first-order chi connectivity index (χ1) is 8.88. The molecule has 0 aliphatic carbocycles. The van der Waals surface area contributed by atoms with E-state index in [1.165, 1.54) is 6.07 Å². The van der Waals surface area contributed by atoms with Crippen molar-refractivity contribution in [3.8, 4) is 0 Å². The zero-order chi connectivity index (χ0) is 14.0. The molecule has 0 atom stereocenters. The molecule has 0 spiro atoms. The van der Waals surface area contributed by atoms with E-state index in [2.05, 4.69) is 15.3 Å². The number of pyridine rings is 2. The molecule has 0 radical (unpaired) electrons. The molecule has 0 saturated heterocycles. The summed E-state index contributed by atoms with van der Waals surface area (Å²) in [5, 5.41) is 2.83. The lowest BCUT2D eigenvalue weighted by atomic mass is 10.2. The molecule has 0 saturated carbocycles. The average molecular weight is 268 g/mol. The van der Waals surface area contributed by atoms with Gasteiger partial charge in [-0.25, -0.2) is 9.97 Å². The third-order valence-electron chi connectivity index (χ3n) is 2.52. The Labute approximate surface area is 107 Å². The van der Waals surface area contributed by atoms with Gasteiger partial charge in [0.25, 0.3) is 0 Å². The van der Waals surface area contributed by atoms with Gasteiger partial charge in [-0.1, -0.05) is 0 Å². The number of nitrogens with one attached hydrogen (secondary N) is 1. The van der Waals surface area contributed by atoms with Crippen LogP contribution in [0.5, 0.6) is 0 Å². The largest absolute Gasteiger partial charge is 0.433 e. The van der Waals surface area contributed by atoms with Crippen molar-refractivity contribution in [3.63, 3.8) is 0 Å². The molecule has 7 heteroatoms. The summed E-state index contributed by atoms with van der Waals surface area (Å²) < 4.78 is 37.0. The molecule has 2 heterocycles. The molecule has 0 aliphatic rings. The number of anilines is 3. The second-order valence-electron chi connectivity index (χ2n) is 3.95. The molecule has 0 fully saturated rings. The topological polar surface area (TPSA) is 63.8 Å². The summed E-state index contributed by atoms with van der Waals surface area (Å²) in [6.45, 7) is 1.81. The molecule has 0 unspecified atom stereocenters. The van der Waals surface area contributed by atoms with Crippen LogP contribution < -0.4 is 11.1 Å². The van der Waals surface area contributed by atoms with E-state index < -0.39 is 11.9 Å². The predicted octanol–water partition coefficient (Wildman–Crippen LogP) is 3.13. The van der Waals surface area contributed by atoms with Crippen molar-refractivity contribution in [2.24, 2.45) is 0 Å². The van der Waals surface area contributed by atoms with Crippen molar-refractivity contribution in [3.05, 3.63) is 41.9 Å². The maximum atomic E-state index is 12.3. The van der Waals surface area contributed by atoms with Crippen LogP contribution in [0.4, 0.5) is 30.4 Å². The Bertz CT molecular complexity index is 579. The van der Waals surface area contributed by atoms with E-state index in [1.807, 2.05) is 6.92 Å². The van der Waals surface area contributed by atoms with Crippen molar-refractivity contribution >= 4 is 17.2 Å². The number of alkyl halides is 3. The van der Waals surface area contributed by atoms with Crippen molar-refractivity contribution in [2.75, 3.05) is 11.1 Å². The third-order valence-corrected chi connectivity index (χ3v) is 2.52. The van der Waals surface area contributed by atoms with Crippen molar-refractivity contribution in [1.29, 1.82) is 0 Å². The zero-order valence-corrected chi connectivity index (χ0v) is 9.99. The second-order valence-corrected chi connectivity index (χ2v) is 3.95. The second kappa shape index (κ2) is 4.75. The van der Waals surface area contributed by atoms with E-state index in [1.54, 1.807) is 12.3 Å². The zero-order valence-electron chi connectivity index (χ0n) is 9.99. The number of nitrogen functional groups attached to an aromatic ring is 1. The summed E-state index contributed by atoms with van der Waals surface area (Å²) in [7, 11) is 0. The number of aromatic nitrogens is 2. The highest BCUT2D eigenvalue weighted by Gasteiger charge is 2.32. The molecule has 4 nitrogen and oxygen atoms in total. The van der Waals surface area contributed by atoms with Crippen LogP contribution in [0.2, 0.25) is 0 Å². The number of nitrogens with two attached hydrogens (primary N) is 1. The number of nitrogens with zero attached hydrogens (tertiary/aromatic N) is 2. The molecule has 19 heavy (non-hydrogen) atoms. The summed E-state index contributed by atoms with van der Waals surface area (Å²) in [4.78, 5) is 7.36. The van der Waals surface area contributed by atoms with Crippen molar-refractivity contribution in [1.82, 2.24) is 9.97 Å². The van der Waals surface area contributed by atoms with Gasteiger partial charge in [0, 0.05) is 6.20 Å². The highest BCUT2D eigenvalue weighted by molar-refractivity contribution is 5.70. The third kappa shape index (κ3) is 2.93. The lowest BCUT2D eigenvalue weighted by molar-refractivity contribution is -0.141. The van der Waals surface area contributed by atoms with E-state index in [4.69, 9.17) is 5.73 Å². The normalized spacial score (nSPS) is 11.4. The fourth-order valence-corrected chi connectivity index (χ4v) is 1.44. The standard InChI is InChI=1S/C12H11F3N4/c1-7-4-5-17-11(10(7)16)19-8-2-3-9(18-6-8)12(13,14)15/h2-6H,16H2,1H3,(H,17,19). The van der Waals surface area contributed by atoms with Gasteiger partial charge in [0.05, 0.1) is 17.6 Å². The first kappa shape index (κ1) is 13.1. The van der Waals surface area contributed by atoms with Gasteiger partial charge in [0.2, 0.25) is 0 Å². The summed E-state index contributed by atoms with van der Waals surface area (Å²) in [6, 6.07) is 3.92. The van der Waals surface area contributed by atoms with Gasteiger partial charge in [-0.05, 0) is 30.7 Å². The number of halogens is 3. The van der Waals surface area contributed by atoms with Crippen LogP contribution in [0.25, 0.3) is 0 Å². The molecule has 2 rings (SSSR count). The van der Waals surface area contributed by atoms with Gasteiger partial charge in [-0.15, -0.1) is 0 Å². The molecule has 3 N–H and O–H groups in total. The van der Waals surface area contributed by atoms with Gasteiger partial charge < -0.3 is 11.1 Å². The summed E-state index contributed by atoms with van der Waals surface area (Å²) in [6.07, 6.45) is -1.79. The van der Waals surface area contributed by atoms with Gasteiger partial charge >= 0.3 is 6.18 Å². The van der Waals surface area contributed by atoms with Crippen LogP contribution in [0.15, 0.2) is 30.6 Å². The van der Waals surface area contributed by atoms with Crippen molar-refractivity contribution < 1.29 is 13.2 Å². The summed E-state index contributed by atoms with van der Waals surface area (Å²) >= 11 is 0. The Hall–Kier alpha value is -2.31. The van der Waals surface area contributed by atoms with Crippen LogP contribution in [-0.4, -0.2) is 9.97 Å². The maximum absolute atomic E-state index is 12.3. The van der Waals surface area contributed by atoms with Crippen LogP contribution >= 0.6 is 0 Å². The Morgan fingerprint density at radius 3 is 2.47 bits per heavy atom. The van der Waals surface area contributed by atoms with Gasteiger partial charge in [0.1, 0.15) is 5.69 Å². The Morgan fingerprint density at radius 2 is 1.89 bits per heavy atom. The van der Waals surface area contributed by atoms with Gasteiger partial charge in [-0.2, -0.15) is 13.2 Å². The Balaban J connectivity index is 2.23. The number of hydrogen-bond donors (Lipinski definition) is 2. The van der Waals surface area contributed by atoms with Crippen molar-refractivity contribution in [2.45, 2.75) is 13.1 Å². The van der Waals surface area contributed by atoms with E-state index in [0.717, 1.165) is 17.8 Å². The van der Waals surface area contributed by atoms with Crippen LogP contribution in [0.3, 0.4) is 0 Å². The minimum atomic E-state index is -4.45. The maximum Gasteiger partial charge on any atom is 0.433 e. The molecule has 0 bridgehead atoms. The average Bonchev–Trinajstić information content (AvgIpc) is 2.35. The van der Waals surface area contributed by atoms with Gasteiger partial charge in [-0.3, -0.25) is 0 Å². The van der Waals surface area contributed by atoms with Crippen LogP contribution in [-0.2, 0) is 6.18 Å². The highest BCUT2D eigenvalue weighted by atomic mass is 19.4. The first-order valence-electron chi connectivity index (χ1n) is 5.39. The quantitative estimate of drug-likeness (QED) is 0.878. The van der Waals surface area contributed by atoms with Crippen LogP contribution in [0.1, 0.15) is 11.3 Å². The minimum Gasteiger partial charge on any atom is -0.396 e. The van der Waals surface area contributed by atoms with E-state index >= 15 is 0 Å². The monoisotopic (exact) mass is 268 g/mol. The summed E-state index contributed by atoms with van der Waals surface area (Å²) in [5.74, 6) is 0.390. The Morgan fingerprint density at radius 1 is 1.16 bits per heavy atom.